The van der Waals surface area contributed by atoms with Crippen molar-refractivity contribution in [2.75, 3.05) is 5.43 Å². The molecule has 2 rings (SSSR count). The molecule has 0 aliphatic rings. The first kappa shape index (κ1) is 13.9. The van der Waals surface area contributed by atoms with Crippen molar-refractivity contribution in [2.24, 2.45) is 16.0 Å². The third-order valence-electron chi connectivity index (χ3n) is 2.31. The van der Waals surface area contributed by atoms with Crippen molar-refractivity contribution < 1.29 is 8.42 Å². The number of hydrazone groups is 1. The van der Waals surface area contributed by atoms with Gasteiger partial charge in [0, 0.05) is 12.4 Å². The van der Waals surface area contributed by atoms with Gasteiger partial charge >= 0.3 is 0 Å². The highest BCUT2D eigenvalue weighted by molar-refractivity contribution is 7.89. The van der Waals surface area contributed by atoms with Crippen molar-refractivity contribution in [3.8, 4) is 0 Å². The van der Waals surface area contributed by atoms with Crippen LogP contribution < -0.4 is 16.3 Å². The molecule has 104 valence electrons. The van der Waals surface area contributed by atoms with Crippen LogP contribution in [-0.4, -0.2) is 24.2 Å². The summed E-state index contributed by atoms with van der Waals surface area (Å²) in [5, 5.41) is 8.91. The standard InChI is InChI=1S/C11H12N6O2S/c12-11(10-7-14-5-6-15-10)17-16-8-1-3-9(4-2-8)20(13,18)19/h1-7,16H,(H2,12,17)(H2,13,18,19). The number of rotatable bonds is 4. The lowest BCUT2D eigenvalue weighted by Gasteiger charge is -2.03. The third-order valence-corrected chi connectivity index (χ3v) is 3.24. The second-order valence-corrected chi connectivity index (χ2v) is 5.33. The summed E-state index contributed by atoms with van der Waals surface area (Å²) in [6.07, 6.45) is 4.50. The summed E-state index contributed by atoms with van der Waals surface area (Å²) in [4.78, 5) is 7.87. The fourth-order valence-corrected chi connectivity index (χ4v) is 1.85. The minimum absolute atomic E-state index is 0.0222. The van der Waals surface area contributed by atoms with E-state index in [4.69, 9.17) is 10.9 Å². The Morgan fingerprint density at radius 1 is 1.20 bits per heavy atom. The van der Waals surface area contributed by atoms with Crippen molar-refractivity contribution in [2.45, 2.75) is 4.90 Å². The molecule has 0 amide bonds. The molecule has 0 spiro atoms. The zero-order valence-corrected chi connectivity index (χ0v) is 11.1. The molecule has 0 aliphatic heterocycles. The van der Waals surface area contributed by atoms with Crippen molar-refractivity contribution in [3.63, 3.8) is 0 Å². The molecule has 0 aliphatic carbocycles. The van der Waals surface area contributed by atoms with Gasteiger partial charge in [-0.3, -0.25) is 10.4 Å². The van der Waals surface area contributed by atoms with E-state index in [2.05, 4.69) is 20.5 Å². The summed E-state index contributed by atoms with van der Waals surface area (Å²) >= 11 is 0. The molecule has 0 unspecified atom stereocenters. The summed E-state index contributed by atoms with van der Waals surface area (Å²) in [6.45, 7) is 0. The minimum Gasteiger partial charge on any atom is -0.380 e. The summed E-state index contributed by atoms with van der Waals surface area (Å²) < 4.78 is 22.2. The quantitative estimate of drug-likeness (QED) is 0.407. The number of hydrogen-bond donors (Lipinski definition) is 3. The molecular weight excluding hydrogens is 280 g/mol. The number of sulfonamides is 1. The van der Waals surface area contributed by atoms with Gasteiger partial charge in [0.1, 0.15) is 5.69 Å². The SMILES string of the molecule is NC(=NNc1ccc(S(N)(=O)=O)cc1)c1cnccn1. The normalized spacial score (nSPS) is 12.2. The van der Waals surface area contributed by atoms with Crippen LogP contribution in [-0.2, 0) is 10.0 Å². The number of nitrogens with two attached hydrogens (primary N) is 2. The number of amidine groups is 1. The molecule has 9 heteroatoms. The van der Waals surface area contributed by atoms with E-state index < -0.39 is 10.0 Å². The maximum absolute atomic E-state index is 11.1. The van der Waals surface area contributed by atoms with Gasteiger partial charge in [-0.1, -0.05) is 0 Å². The van der Waals surface area contributed by atoms with Gasteiger partial charge in [0.2, 0.25) is 10.0 Å². The highest BCUT2D eigenvalue weighted by atomic mass is 32.2. The van der Waals surface area contributed by atoms with Gasteiger partial charge < -0.3 is 5.73 Å². The molecule has 0 bridgehead atoms. The van der Waals surface area contributed by atoms with E-state index in [1.54, 1.807) is 0 Å². The van der Waals surface area contributed by atoms with E-state index >= 15 is 0 Å². The van der Waals surface area contributed by atoms with Gasteiger partial charge in [-0.25, -0.2) is 18.5 Å². The number of primary sulfonamides is 1. The molecule has 8 nitrogen and oxygen atoms in total. The van der Waals surface area contributed by atoms with E-state index in [9.17, 15) is 8.42 Å². The summed E-state index contributed by atoms with van der Waals surface area (Å²) in [5.41, 5.74) is 9.38. The van der Waals surface area contributed by atoms with Crippen molar-refractivity contribution in [1.82, 2.24) is 9.97 Å². The summed E-state index contributed by atoms with van der Waals surface area (Å²) in [6, 6.07) is 5.78. The fourth-order valence-electron chi connectivity index (χ4n) is 1.33. The number of nitrogens with one attached hydrogen (secondary N) is 1. The van der Waals surface area contributed by atoms with Crippen LogP contribution in [0.5, 0.6) is 0 Å². The minimum atomic E-state index is -3.70. The number of aromatic nitrogens is 2. The Kier molecular flexibility index (Phi) is 3.91. The smallest absolute Gasteiger partial charge is 0.238 e. The Hall–Kier alpha value is -2.52. The largest absolute Gasteiger partial charge is 0.380 e. The molecule has 0 radical (unpaired) electrons. The van der Waals surface area contributed by atoms with Crippen LogP contribution >= 0.6 is 0 Å². The average Bonchev–Trinajstić information content (AvgIpc) is 2.45. The number of hydrogen-bond acceptors (Lipinski definition) is 6. The molecule has 0 saturated heterocycles. The predicted octanol–water partition coefficient (Wildman–Crippen LogP) is -0.144. The van der Waals surface area contributed by atoms with Crippen LogP contribution in [0.1, 0.15) is 5.69 Å². The van der Waals surface area contributed by atoms with E-state index in [0.29, 0.717) is 11.4 Å². The third kappa shape index (κ3) is 3.49. The Morgan fingerprint density at radius 3 is 2.45 bits per heavy atom. The van der Waals surface area contributed by atoms with Gasteiger partial charge in [-0.2, -0.15) is 5.10 Å². The molecule has 0 saturated carbocycles. The molecule has 0 atom stereocenters. The number of anilines is 1. The van der Waals surface area contributed by atoms with Gasteiger partial charge in [0.25, 0.3) is 0 Å². The van der Waals surface area contributed by atoms with Gasteiger partial charge in [0.05, 0.1) is 16.8 Å². The average molecular weight is 292 g/mol. The lowest BCUT2D eigenvalue weighted by molar-refractivity contribution is 0.598. The van der Waals surface area contributed by atoms with Crippen LogP contribution in [0, 0.1) is 0 Å². The number of nitrogens with zero attached hydrogens (tertiary/aromatic N) is 3. The van der Waals surface area contributed by atoms with E-state index in [0.717, 1.165) is 0 Å². The molecule has 1 aromatic carbocycles. The molecule has 2 aromatic rings. The summed E-state index contributed by atoms with van der Waals surface area (Å²) in [7, 11) is -3.70. The Balaban J connectivity index is 2.12. The van der Waals surface area contributed by atoms with Crippen molar-refractivity contribution in [3.05, 3.63) is 48.5 Å². The predicted molar refractivity (Wildman–Crippen MR) is 74.2 cm³/mol. The zero-order chi connectivity index (χ0) is 14.6. The van der Waals surface area contributed by atoms with Crippen LogP contribution in [0.4, 0.5) is 5.69 Å². The lowest BCUT2D eigenvalue weighted by atomic mass is 10.3. The Morgan fingerprint density at radius 2 is 1.90 bits per heavy atom. The van der Waals surface area contributed by atoms with Crippen LogP contribution in [0.3, 0.4) is 0 Å². The van der Waals surface area contributed by atoms with Gasteiger partial charge in [0.15, 0.2) is 5.84 Å². The second kappa shape index (κ2) is 5.63. The second-order valence-electron chi connectivity index (χ2n) is 3.77. The van der Waals surface area contributed by atoms with Crippen LogP contribution in [0.25, 0.3) is 0 Å². The fraction of sp³-hybridized carbons (Fsp3) is 0. The maximum atomic E-state index is 11.1. The molecule has 5 N–H and O–H groups in total. The molecule has 0 fully saturated rings. The lowest BCUT2D eigenvalue weighted by Crippen LogP contribution is -2.17. The van der Waals surface area contributed by atoms with Crippen molar-refractivity contribution in [1.29, 1.82) is 0 Å². The van der Waals surface area contributed by atoms with Crippen molar-refractivity contribution >= 4 is 21.5 Å². The highest BCUT2D eigenvalue weighted by Crippen LogP contribution is 2.12. The Labute approximate surface area is 115 Å². The van der Waals surface area contributed by atoms with E-state index in [-0.39, 0.29) is 10.7 Å². The van der Waals surface area contributed by atoms with Crippen LogP contribution in [0.2, 0.25) is 0 Å². The first-order valence-corrected chi connectivity index (χ1v) is 7.00. The Bertz CT molecular complexity index is 712. The molecule has 20 heavy (non-hydrogen) atoms. The molecule has 1 heterocycles. The maximum Gasteiger partial charge on any atom is 0.238 e. The highest BCUT2D eigenvalue weighted by Gasteiger charge is 2.06. The molecular formula is C11H12N6O2S. The zero-order valence-electron chi connectivity index (χ0n) is 10.3. The van der Waals surface area contributed by atoms with Gasteiger partial charge in [-0.15, -0.1) is 0 Å². The van der Waals surface area contributed by atoms with E-state index in [1.807, 2.05) is 0 Å². The molecule has 1 aromatic heterocycles. The first-order valence-electron chi connectivity index (χ1n) is 5.45. The number of benzene rings is 1. The van der Waals surface area contributed by atoms with Crippen LogP contribution in [0.15, 0.2) is 52.9 Å². The first-order chi connectivity index (χ1) is 9.47. The van der Waals surface area contributed by atoms with Gasteiger partial charge in [-0.05, 0) is 24.3 Å². The monoisotopic (exact) mass is 292 g/mol. The van der Waals surface area contributed by atoms with E-state index in [1.165, 1.54) is 42.9 Å². The summed E-state index contributed by atoms with van der Waals surface area (Å²) in [5.74, 6) is 0.161. The topological polar surface area (TPSA) is 136 Å².